The van der Waals surface area contributed by atoms with Gasteiger partial charge in [0.05, 0.1) is 11.9 Å². The van der Waals surface area contributed by atoms with Gasteiger partial charge in [0.25, 0.3) is 0 Å². The SMILES string of the molecule is CC(C)(C)C(C=O)SCCO. The van der Waals surface area contributed by atoms with Crippen molar-refractivity contribution in [1.29, 1.82) is 0 Å². The quantitative estimate of drug-likeness (QED) is 0.656. The van der Waals surface area contributed by atoms with Gasteiger partial charge in [0, 0.05) is 5.75 Å². The molecule has 3 heteroatoms. The molecular formula is C8H16O2S. The van der Waals surface area contributed by atoms with Crippen LogP contribution in [0.1, 0.15) is 20.8 Å². The van der Waals surface area contributed by atoms with Crippen LogP contribution >= 0.6 is 11.8 Å². The van der Waals surface area contributed by atoms with Crippen molar-refractivity contribution < 1.29 is 9.90 Å². The highest BCUT2D eigenvalue weighted by molar-refractivity contribution is 8.00. The second-order valence-corrected chi connectivity index (χ2v) is 4.77. The van der Waals surface area contributed by atoms with E-state index in [-0.39, 0.29) is 17.3 Å². The summed E-state index contributed by atoms with van der Waals surface area (Å²) in [4.78, 5) is 10.6. The molecule has 0 aromatic heterocycles. The normalized spacial score (nSPS) is 14.5. The molecule has 0 aliphatic rings. The molecule has 0 heterocycles. The molecule has 0 amide bonds. The first kappa shape index (κ1) is 11.0. The molecule has 0 saturated carbocycles. The zero-order chi connectivity index (χ0) is 8.91. The predicted molar refractivity (Wildman–Crippen MR) is 48.9 cm³/mol. The maximum atomic E-state index is 10.6. The van der Waals surface area contributed by atoms with Crippen molar-refractivity contribution in [3.63, 3.8) is 0 Å². The molecule has 1 N–H and O–H groups in total. The highest BCUT2D eigenvalue weighted by atomic mass is 32.2. The Morgan fingerprint density at radius 1 is 1.55 bits per heavy atom. The van der Waals surface area contributed by atoms with Gasteiger partial charge < -0.3 is 9.90 Å². The third-order valence-corrected chi connectivity index (χ3v) is 2.96. The van der Waals surface area contributed by atoms with Crippen LogP contribution in [-0.2, 0) is 4.79 Å². The summed E-state index contributed by atoms with van der Waals surface area (Å²) >= 11 is 1.51. The summed E-state index contributed by atoms with van der Waals surface area (Å²) in [7, 11) is 0. The van der Waals surface area contributed by atoms with Crippen molar-refractivity contribution >= 4 is 18.0 Å². The molecule has 0 radical (unpaired) electrons. The number of aliphatic hydroxyl groups excluding tert-OH is 1. The van der Waals surface area contributed by atoms with Crippen LogP contribution in [0.25, 0.3) is 0 Å². The molecule has 0 aromatic rings. The largest absolute Gasteiger partial charge is 0.396 e. The predicted octanol–water partition coefficient (Wildman–Crippen LogP) is 1.33. The summed E-state index contributed by atoms with van der Waals surface area (Å²) in [6.07, 6.45) is 0.959. The number of carbonyl (C=O) groups is 1. The molecule has 1 atom stereocenters. The van der Waals surface area contributed by atoms with Crippen molar-refractivity contribution in [2.45, 2.75) is 26.0 Å². The molecule has 0 bridgehead atoms. The van der Waals surface area contributed by atoms with Crippen LogP contribution in [-0.4, -0.2) is 29.0 Å². The number of hydrogen-bond donors (Lipinski definition) is 1. The van der Waals surface area contributed by atoms with Gasteiger partial charge in [-0.05, 0) is 5.41 Å². The van der Waals surface area contributed by atoms with Gasteiger partial charge in [-0.15, -0.1) is 11.8 Å². The maximum Gasteiger partial charge on any atom is 0.133 e. The molecule has 0 saturated heterocycles. The zero-order valence-corrected chi connectivity index (χ0v) is 8.15. The van der Waals surface area contributed by atoms with Crippen LogP contribution < -0.4 is 0 Å². The van der Waals surface area contributed by atoms with E-state index in [2.05, 4.69) is 0 Å². The van der Waals surface area contributed by atoms with E-state index in [4.69, 9.17) is 5.11 Å². The second kappa shape index (κ2) is 4.78. The molecule has 11 heavy (non-hydrogen) atoms. The molecule has 0 aromatic carbocycles. The number of carbonyl (C=O) groups excluding carboxylic acids is 1. The molecule has 0 rings (SSSR count). The van der Waals surface area contributed by atoms with Crippen LogP contribution in [0.5, 0.6) is 0 Å². The van der Waals surface area contributed by atoms with Gasteiger partial charge in [-0.2, -0.15) is 0 Å². The lowest BCUT2D eigenvalue weighted by atomic mass is 9.93. The number of aldehydes is 1. The lowest BCUT2D eigenvalue weighted by Gasteiger charge is -2.24. The van der Waals surface area contributed by atoms with Crippen LogP contribution in [0.2, 0.25) is 0 Å². The second-order valence-electron chi connectivity index (χ2n) is 3.52. The Morgan fingerprint density at radius 2 is 2.09 bits per heavy atom. The minimum atomic E-state index is -0.00495. The van der Waals surface area contributed by atoms with E-state index in [9.17, 15) is 4.79 Å². The van der Waals surface area contributed by atoms with Crippen LogP contribution in [0.15, 0.2) is 0 Å². The van der Waals surface area contributed by atoms with Gasteiger partial charge in [-0.3, -0.25) is 0 Å². The van der Waals surface area contributed by atoms with Gasteiger partial charge in [0.15, 0.2) is 0 Å². The Kier molecular flexibility index (Phi) is 4.77. The highest BCUT2D eigenvalue weighted by Gasteiger charge is 2.23. The smallest absolute Gasteiger partial charge is 0.133 e. The minimum Gasteiger partial charge on any atom is -0.396 e. The number of aliphatic hydroxyl groups is 1. The van der Waals surface area contributed by atoms with Gasteiger partial charge in [-0.25, -0.2) is 0 Å². The Balaban J connectivity index is 3.86. The summed E-state index contributed by atoms with van der Waals surface area (Å²) in [5.41, 5.74) is 0.00157. The first-order valence-electron chi connectivity index (χ1n) is 3.70. The van der Waals surface area contributed by atoms with Gasteiger partial charge >= 0.3 is 0 Å². The van der Waals surface area contributed by atoms with Gasteiger partial charge in [0.2, 0.25) is 0 Å². The summed E-state index contributed by atoms with van der Waals surface area (Å²) < 4.78 is 0. The fourth-order valence-electron chi connectivity index (χ4n) is 0.673. The van der Waals surface area contributed by atoms with Crippen molar-refractivity contribution in [2.75, 3.05) is 12.4 Å². The molecule has 0 aliphatic carbocycles. The van der Waals surface area contributed by atoms with Gasteiger partial charge in [0.1, 0.15) is 6.29 Å². The van der Waals surface area contributed by atoms with Crippen LogP contribution in [0.4, 0.5) is 0 Å². The van der Waals surface area contributed by atoms with Crippen molar-refractivity contribution in [3.8, 4) is 0 Å². The Bertz CT molecular complexity index is 118. The Labute approximate surface area is 72.4 Å². The highest BCUT2D eigenvalue weighted by Crippen LogP contribution is 2.28. The first-order chi connectivity index (χ1) is 5.02. The monoisotopic (exact) mass is 176 g/mol. The molecule has 0 spiro atoms. The average Bonchev–Trinajstić information content (AvgIpc) is 1.87. The summed E-state index contributed by atoms with van der Waals surface area (Å²) in [6, 6.07) is 0. The lowest BCUT2D eigenvalue weighted by Crippen LogP contribution is -2.25. The topological polar surface area (TPSA) is 37.3 Å². The number of thioether (sulfide) groups is 1. The van der Waals surface area contributed by atoms with Crippen LogP contribution in [0, 0.1) is 5.41 Å². The van der Waals surface area contributed by atoms with Crippen molar-refractivity contribution in [3.05, 3.63) is 0 Å². The lowest BCUT2D eigenvalue weighted by molar-refractivity contribution is -0.108. The van der Waals surface area contributed by atoms with Gasteiger partial charge in [-0.1, -0.05) is 20.8 Å². The molecule has 1 unspecified atom stereocenters. The molecule has 0 fully saturated rings. The third-order valence-electron chi connectivity index (χ3n) is 1.37. The fourth-order valence-corrected chi connectivity index (χ4v) is 1.61. The van der Waals surface area contributed by atoms with Crippen molar-refractivity contribution in [1.82, 2.24) is 0 Å². The van der Waals surface area contributed by atoms with Crippen LogP contribution in [0.3, 0.4) is 0 Å². The average molecular weight is 176 g/mol. The first-order valence-corrected chi connectivity index (χ1v) is 4.75. The summed E-state index contributed by atoms with van der Waals surface area (Å²) in [5.74, 6) is 0.640. The van der Waals surface area contributed by atoms with E-state index in [0.29, 0.717) is 5.75 Å². The Hall–Kier alpha value is -0.0200. The Morgan fingerprint density at radius 3 is 2.36 bits per heavy atom. The van der Waals surface area contributed by atoms with E-state index in [0.717, 1.165) is 6.29 Å². The molecule has 66 valence electrons. The van der Waals surface area contributed by atoms with Crippen molar-refractivity contribution in [2.24, 2.45) is 5.41 Å². The van der Waals surface area contributed by atoms with E-state index < -0.39 is 0 Å². The molecular weight excluding hydrogens is 160 g/mol. The summed E-state index contributed by atoms with van der Waals surface area (Å²) in [6.45, 7) is 6.22. The zero-order valence-electron chi connectivity index (χ0n) is 7.33. The summed E-state index contributed by atoms with van der Waals surface area (Å²) in [5, 5.41) is 8.53. The standard InChI is InChI=1S/C8H16O2S/c1-8(2,3)7(6-10)11-5-4-9/h6-7,9H,4-5H2,1-3H3. The fraction of sp³-hybridized carbons (Fsp3) is 0.875. The third kappa shape index (κ3) is 4.43. The number of rotatable bonds is 4. The van der Waals surface area contributed by atoms with E-state index >= 15 is 0 Å². The molecule has 0 aliphatic heterocycles. The van der Waals surface area contributed by atoms with E-state index in [1.807, 2.05) is 20.8 Å². The van der Waals surface area contributed by atoms with E-state index in [1.165, 1.54) is 11.8 Å². The molecule has 2 nitrogen and oxygen atoms in total. The maximum absolute atomic E-state index is 10.6. The van der Waals surface area contributed by atoms with E-state index in [1.54, 1.807) is 0 Å². The number of hydrogen-bond acceptors (Lipinski definition) is 3. The minimum absolute atomic E-state index is 0.00157.